The summed E-state index contributed by atoms with van der Waals surface area (Å²) in [5.74, 6) is 0. The molecule has 0 aromatic carbocycles. The maximum Gasteiger partial charge on any atom is 0.0107 e. The van der Waals surface area contributed by atoms with Crippen molar-refractivity contribution in [1.82, 2.24) is 10.2 Å². The van der Waals surface area contributed by atoms with Crippen LogP contribution in [0.5, 0.6) is 0 Å². The van der Waals surface area contributed by atoms with Gasteiger partial charge in [-0.15, -0.1) is 0 Å². The zero-order valence-electron chi connectivity index (χ0n) is 9.89. The molecule has 0 aromatic heterocycles. The summed E-state index contributed by atoms with van der Waals surface area (Å²) in [7, 11) is 2.29. The van der Waals surface area contributed by atoms with Crippen molar-refractivity contribution >= 4 is 0 Å². The second kappa shape index (κ2) is 7.24. The minimum Gasteiger partial charge on any atom is -0.316 e. The zero-order chi connectivity index (χ0) is 10.2. The molecular formula is C12H26N2. The number of hydrogen-bond donors (Lipinski definition) is 1. The lowest BCUT2D eigenvalue weighted by atomic mass is 10.1. The maximum absolute atomic E-state index is 3.39. The molecule has 1 N–H and O–H groups in total. The lowest BCUT2D eigenvalue weighted by molar-refractivity contribution is 0.222. The van der Waals surface area contributed by atoms with E-state index in [-0.39, 0.29) is 0 Å². The normalized spacial score (nSPS) is 19.9. The van der Waals surface area contributed by atoms with Crippen molar-refractivity contribution < 1.29 is 0 Å². The third kappa shape index (κ3) is 4.43. The molecule has 0 aromatic rings. The number of rotatable bonds is 5. The van der Waals surface area contributed by atoms with Gasteiger partial charge >= 0.3 is 0 Å². The molecule has 1 saturated carbocycles. The molecule has 0 heterocycles. The Hall–Kier alpha value is -0.0800. The smallest absolute Gasteiger partial charge is 0.0107 e. The molecule has 84 valence electrons. The molecule has 1 fully saturated rings. The van der Waals surface area contributed by atoms with Crippen molar-refractivity contribution in [2.75, 3.05) is 26.7 Å². The fourth-order valence-corrected chi connectivity index (χ4v) is 2.31. The molecule has 0 spiro atoms. The first-order valence-electron chi connectivity index (χ1n) is 6.25. The molecule has 2 heteroatoms. The van der Waals surface area contributed by atoms with Crippen LogP contribution in [0.2, 0.25) is 0 Å². The highest BCUT2D eigenvalue weighted by atomic mass is 15.1. The van der Waals surface area contributed by atoms with Gasteiger partial charge in [0.15, 0.2) is 0 Å². The van der Waals surface area contributed by atoms with Gasteiger partial charge in [0.1, 0.15) is 0 Å². The summed E-state index contributed by atoms with van der Waals surface area (Å²) < 4.78 is 0. The molecule has 1 aliphatic rings. The number of hydrogen-bond acceptors (Lipinski definition) is 2. The first-order chi connectivity index (χ1) is 6.84. The van der Waals surface area contributed by atoms with Crippen LogP contribution in [-0.4, -0.2) is 37.6 Å². The van der Waals surface area contributed by atoms with Crippen molar-refractivity contribution in [2.24, 2.45) is 0 Å². The van der Waals surface area contributed by atoms with E-state index in [2.05, 4.69) is 24.2 Å². The van der Waals surface area contributed by atoms with Crippen molar-refractivity contribution in [3.05, 3.63) is 0 Å². The van der Waals surface area contributed by atoms with Gasteiger partial charge in [-0.2, -0.15) is 0 Å². The highest BCUT2D eigenvalue weighted by molar-refractivity contribution is 4.72. The quantitative estimate of drug-likeness (QED) is 0.538. The van der Waals surface area contributed by atoms with Crippen LogP contribution in [0, 0.1) is 0 Å². The van der Waals surface area contributed by atoms with Crippen LogP contribution in [-0.2, 0) is 0 Å². The molecule has 0 saturated heterocycles. The van der Waals surface area contributed by atoms with Crippen molar-refractivity contribution in [3.63, 3.8) is 0 Å². The van der Waals surface area contributed by atoms with Crippen molar-refractivity contribution in [1.29, 1.82) is 0 Å². The van der Waals surface area contributed by atoms with Crippen LogP contribution >= 0.6 is 0 Å². The van der Waals surface area contributed by atoms with Crippen LogP contribution in [0.4, 0.5) is 0 Å². The summed E-state index contributed by atoms with van der Waals surface area (Å²) in [4.78, 5) is 2.55. The van der Waals surface area contributed by atoms with Crippen LogP contribution < -0.4 is 5.32 Å². The third-order valence-electron chi connectivity index (χ3n) is 3.34. The summed E-state index contributed by atoms with van der Waals surface area (Å²) in [6.45, 7) is 5.62. The minimum atomic E-state index is 0.858. The second-order valence-corrected chi connectivity index (χ2v) is 4.48. The average molecular weight is 198 g/mol. The average Bonchev–Trinajstić information content (AvgIpc) is 2.46. The molecule has 0 amide bonds. The first kappa shape index (κ1) is 12.0. The SMILES string of the molecule is CCNCCN(C)C1CCCCCC1. The van der Waals surface area contributed by atoms with Crippen LogP contribution in [0.25, 0.3) is 0 Å². The summed E-state index contributed by atoms with van der Waals surface area (Å²) in [5, 5.41) is 3.39. The molecule has 1 aliphatic carbocycles. The van der Waals surface area contributed by atoms with Gasteiger partial charge in [0, 0.05) is 19.1 Å². The van der Waals surface area contributed by atoms with Crippen LogP contribution in [0.3, 0.4) is 0 Å². The minimum absolute atomic E-state index is 0.858. The lowest BCUT2D eigenvalue weighted by Crippen LogP contribution is -2.36. The molecule has 1 rings (SSSR count). The zero-order valence-corrected chi connectivity index (χ0v) is 9.89. The Bertz CT molecular complexity index is 128. The summed E-state index contributed by atoms with van der Waals surface area (Å²) in [5.41, 5.74) is 0. The van der Waals surface area contributed by atoms with E-state index in [1.165, 1.54) is 45.1 Å². The van der Waals surface area contributed by atoms with Crippen molar-refractivity contribution in [2.45, 2.75) is 51.5 Å². The van der Waals surface area contributed by atoms with E-state index in [1.807, 2.05) is 0 Å². The fourth-order valence-electron chi connectivity index (χ4n) is 2.31. The van der Waals surface area contributed by atoms with Gasteiger partial charge < -0.3 is 10.2 Å². The van der Waals surface area contributed by atoms with Gasteiger partial charge in [0.2, 0.25) is 0 Å². The Kier molecular flexibility index (Phi) is 6.20. The van der Waals surface area contributed by atoms with E-state index in [4.69, 9.17) is 0 Å². The van der Waals surface area contributed by atoms with E-state index in [1.54, 1.807) is 0 Å². The molecule has 0 aliphatic heterocycles. The van der Waals surface area contributed by atoms with E-state index in [0.29, 0.717) is 0 Å². The number of nitrogens with zero attached hydrogens (tertiary/aromatic N) is 1. The second-order valence-electron chi connectivity index (χ2n) is 4.48. The van der Waals surface area contributed by atoms with E-state index >= 15 is 0 Å². The summed E-state index contributed by atoms with van der Waals surface area (Å²) in [6.07, 6.45) is 8.63. The van der Waals surface area contributed by atoms with Gasteiger partial charge in [-0.1, -0.05) is 32.6 Å². The van der Waals surface area contributed by atoms with E-state index in [0.717, 1.165) is 19.1 Å². The van der Waals surface area contributed by atoms with Gasteiger partial charge in [0.05, 0.1) is 0 Å². The Labute approximate surface area is 89.1 Å². The number of likely N-dealkylation sites (N-methyl/N-ethyl adjacent to an activating group) is 2. The van der Waals surface area contributed by atoms with Crippen molar-refractivity contribution in [3.8, 4) is 0 Å². The Balaban J connectivity index is 2.16. The first-order valence-corrected chi connectivity index (χ1v) is 6.25. The molecule has 0 unspecified atom stereocenters. The van der Waals surface area contributed by atoms with Crippen LogP contribution in [0.1, 0.15) is 45.4 Å². The lowest BCUT2D eigenvalue weighted by Gasteiger charge is -2.26. The molecular weight excluding hydrogens is 172 g/mol. The van der Waals surface area contributed by atoms with Gasteiger partial charge in [-0.3, -0.25) is 0 Å². The standard InChI is InChI=1S/C12H26N2/c1-3-13-10-11-14(2)12-8-6-4-5-7-9-12/h12-13H,3-11H2,1-2H3. The highest BCUT2D eigenvalue weighted by Gasteiger charge is 2.15. The predicted molar refractivity (Wildman–Crippen MR) is 62.7 cm³/mol. The van der Waals surface area contributed by atoms with Gasteiger partial charge in [-0.25, -0.2) is 0 Å². The van der Waals surface area contributed by atoms with Gasteiger partial charge in [-0.05, 0) is 26.4 Å². The molecule has 2 nitrogen and oxygen atoms in total. The monoisotopic (exact) mass is 198 g/mol. The summed E-state index contributed by atoms with van der Waals surface area (Å²) in [6, 6.07) is 0.858. The molecule has 0 atom stereocenters. The maximum atomic E-state index is 3.39. The molecule has 0 bridgehead atoms. The number of nitrogens with one attached hydrogen (secondary N) is 1. The van der Waals surface area contributed by atoms with Crippen LogP contribution in [0.15, 0.2) is 0 Å². The molecule has 0 radical (unpaired) electrons. The van der Waals surface area contributed by atoms with Gasteiger partial charge in [0.25, 0.3) is 0 Å². The van der Waals surface area contributed by atoms with E-state index in [9.17, 15) is 0 Å². The summed E-state index contributed by atoms with van der Waals surface area (Å²) >= 11 is 0. The molecule has 14 heavy (non-hydrogen) atoms. The Morgan fingerprint density at radius 2 is 1.79 bits per heavy atom. The predicted octanol–water partition coefficient (Wildman–Crippen LogP) is 2.25. The highest BCUT2D eigenvalue weighted by Crippen LogP contribution is 2.20. The Morgan fingerprint density at radius 3 is 2.36 bits per heavy atom. The third-order valence-corrected chi connectivity index (χ3v) is 3.34. The van der Waals surface area contributed by atoms with E-state index < -0.39 is 0 Å². The largest absolute Gasteiger partial charge is 0.316 e. The topological polar surface area (TPSA) is 15.3 Å². The Morgan fingerprint density at radius 1 is 1.14 bits per heavy atom. The fraction of sp³-hybridized carbons (Fsp3) is 1.00.